The number of carbonyl (C=O) groups is 2. The van der Waals surface area contributed by atoms with Crippen LogP contribution < -0.4 is 10.1 Å². The second-order valence-electron chi connectivity index (χ2n) is 7.74. The molecule has 1 aliphatic heterocycles. The molecule has 2 aromatic rings. The number of rotatable bonds is 8. The number of aromatic nitrogens is 1. The number of carboxylic acid groups (broad SMARTS) is 1. The molecule has 2 heterocycles. The lowest BCUT2D eigenvalue weighted by atomic mass is 9.96. The monoisotopic (exact) mass is 465 g/mol. The van der Waals surface area contributed by atoms with Crippen molar-refractivity contribution >= 4 is 35.1 Å². The van der Waals surface area contributed by atoms with E-state index in [-0.39, 0.29) is 29.4 Å². The first kappa shape index (κ1) is 23.3. The van der Waals surface area contributed by atoms with Gasteiger partial charge in [0.2, 0.25) is 0 Å². The Morgan fingerprint density at radius 3 is 2.32 bits per heavy atom. The lowest BCUT2D eigenvalue weighted by molar-refractivity contribution is -0.150. The fourth-order valence-electron chi connectivity index (χ4n) is 3.53. The number of nitrogens with one attached hydrogen (secondary N) is 1. The highest BCUT2D eigenvalue weighted by Gasteiger charge is 2.40. The number of halogens is 2. The van der Waals surface area contributed by atoms with Gasteiger partial charge < -0.3 is 15.2 Å². The van der Waals surface area contributed by atoms with Crippen LogP contribution in [0.3, 0.4) is 0 Å². The Balaban J connectivity index is 1.57. The van der Waals surface area contributed by atoms with E-state index in [4.69, 9.17) is 27.9 Å². The second-order valence-corrected chi connectivity index (χ2v) is 8.52. The highest BCUT2D eigenvalue weighted by molar-refractivity contribution is 6.32. The maximum atomic E-state index is 12.6. The lowest BCUT2D eigenvalue weighted by Crippen LogP contribution is -2.60. The number of hydrogen-bond donors (Lipinski definition) is 2. The molecule has 1 aliphatic rings. The molecule has 1 fully saturated rings. The molecule has 0 spiro atoms. The van der Waals surface area contributed by atoms with Crippen LogP contribution in [0.1, 0.15) is 42.1 Å². The van der Waals surface area contributed by atoms with Crippen molar-refractivity contribution in [1.29, 1.82) is 0 Å². The summed E-state index contributed by atoms with van der Waals surface area (Å²) in [5.74, 6) is -0.692. The first-order chi connectivity index (χ1) is 14.8. The largest absolute Gasteiger partial charge is 0.489 e. The standard InChI is InChI=1S/C22H25Cl2N3O4/c1-22(21(29)30,27-9-3-2-4-10-27)14-25-20(28)16-5-7-17(8-6-16)31-13-15-11-18(23)26-19(24)12-15/h5-8,11-12H,2-4,9-10,13-14H2,1H3,(H,25,28)(H,29,30)/t22-/m0/s1. The molecule has 31 heavy (non-hydrogen) atoms. The van der Waals surface area contributed by atoms with Crippen molar-refractivity contribution in [2.24, 2.45) is 0 Å². The molecule has 1 saturated heterocycles. The zero-order valence-electron chi connectivity index (χ0n) is 17.2. The van der Waals surface area contributed by atoms with E-state index in [0.717, 1.165) is 37.9 Å². The number of nitrogens with zero attached hydrogens (tertiary/aromatic N) is 2. The molecule has 0 aliphatic carbocycles. The van der Waals surface area contributed by atoms with Gasteiger partial charge in [0, 0.05) is 12.1 Å². The molecule has 166 valence electrons. The Hall–Kier alpha value is -2.35. The minimum Gasteiger partial charge on any atom is -0.489 e. The number of pyridine rings is 1. The highest BCUT2D eigenvalue weighted by Crippen LogP contribution is 2.22. The Morgan fingerprint density at radius 1 is 1.13 bits per heavy atom. The first-order valence-corrected chi connectivity index (χ1v) is 10.8. The quantitative estimate of drug-likeness (QED) is 0.571. The Labute approximate surface area is 191 Å². The maximum Gasteiger partial charge on any atom is 0.325 e. The van der Waals surface area contributed by atoms with Crippen LogP contribution in [-0.2, 0) is 11.4 Å². The number of ether oxygens (including phenoxy) is 1. The van der Waals surface area contributed by atoms with E-state index in [1.54, 1.807) is 43.3 Å². The molecule has 1 aromatic carbocycles. The van der Waals surface area contributed by atoms with E-state index in [1.807, 2.05) is 4.90 Å². The van der Waals surface area contributed by atoms with E-state index in [9.17, 15) is 14.7 Å². The molecule has 0 radical (unpaired) electrons. The number of aliphatic carboxylic acids is 1. The third kappa shape index (κ3) is 6.09. The summed E-state index contributed by atoms with van der Waals surface area (Å²) >= 11 is 11.8. The van der Waals surface area contributed by atoms with Gasteiger partial charge in [0.15, 0.2) is 0 Å². The van der Waals surface area contributed by atoms with Crippen LogP contribution in [0.5, 0.6) is 5.75 Å². The van der Waals surface area contributed by atoms with Gasteiger partial charge >= 0.3 is 5.97 Å². The smallest absolute Gasteiger partial charge is 0.325 e. The molecule has 7 nitrogen and oxygen atoms in total. The fourth-order valence-corrected chi connectivity index (χ4v) is 4.04. The van der Waals surface area contributed by atoms with Gasteiger partial charge in [-0.1, -0.05) is 29.6 Å². The third-order valence-electron chi connectivity index (χ3n) is 5.45. The van der Waals surface area contributed by atoms with Gasteiger partial charge in [-0.05, 0) is 74.8 Å². The van der Waals surface area contributed by atoms with Crippen LogP contribution in [0, 0.1) is 0 Å². The van der Waals surface area contributed by atoms with Crippen LogP contribution in [0.15, 0.2) is 36.4 Å². The van der Waals surface area contributed by atoms with Gasteiger partial charge in [0.05, 0.1) is 0 Å². The van der Waals surface area contributed by atoms with Crippen molar-refractivity contribution in [2.75, 3.05) is 19.6 Å². The normalized spacial score (nSPS) is 16.4. The summed E-state index contributed by atoms with van der Waals surface area (Å²) in [6.45, 7) is 3.38. The Morgan fingerprint density at radius 2 is 1.74 bits per heavy atom. The highest BCUT2D eigenvalue weighted by atomic mass is 35.5. The molecule has 1 atom stereocenters. The molecule has 2 N–H and O–H groups in total. The van der Waals surface area contributed by atoms with Crippen molar-refractivity contribution in [2.45, 2.75) is 38.3 Å². The van der Waals surface area contributed by atoms with Gasteiger partial charge in [0.1, 0.15) is 28.2 Å². The van der Waals surface area contributed by atoms with Crippen molar-refractivity contribution in [3.05, 3.63) is 57.8 Å². The van der Waals surface area contributed by atoms with Crippen molar-refractivity contribution in [1.82, 2.24) is 15.2 Å². The molecule has 0 saturated carbocycles. The number of hydrogen-bond acceptors (Lipinski definition) is 5. The van der Waals surface area contributed by atoms with Crippen molar-refractivity contribution in [3.63, 3.8) is 0 Å². The van der Waals surface area contributed by atoms with Crippen LogP contribution in [-0.4, -0.2) is 52.0 Å². The van der Waals surface area contributed by atoms with Crippen LogP contribution in [0.4, 0.5) is 0 Å². The molecule has 9 heteroatoms. The topological polar surface area (TPSA) is 91.8 Å². The maximum absolute atomic E-state index is 12.6. The Bertz CT molecular complexity index is 913. The number of carboxylic acids is 1. The zero-order chi connectivity index (χ0) is 22.4. The molecular weight excluding hydrogens is 441 g/mol. The summed E-state index contributed by atoms with van der Waals surface area (Å²) in [5.41, 5.74) is 0.0675. The van der Waals surface area contributed by atoms with E-state index < -0.39 is 11.5 Å². The average molecular weight is 466 g/mol. The summed E-state index contributed by atoms with van der Waals surface area (Å²) in [6, 6.07) is 9.96. The van der Waals surface area contributed by atoms with E-state index in [2.05, 4.69) is 10.3 Å². The predicted molar refractivity (Wildman–Crippen MR) is 119 cm³/mol. The summed E-state index contributed by atoms with van der Waals surface area (Å²) < 4.78 is 5.70. The number of amides is 1. The van der Waals surface area contributed by atoms with Gasteiger partial charge in [0.25, 0.3) is 5.91 Å². The fraction of sp³-hybridized carbons (Fsp3) is 0.409. The second kappa shape index (κ2) is 10.3. The van der Waals surface area contributed by atoms with Gasteiger partial charge in [-0.3, -0.25) is 14.5 Å². The number of carbonyl (C=O) groups excluding carboxylic acids is 1. The molecule has 1 amide bonds. The molecule has 1 aromatic heterocycles. The summed E-state index contributed by atoms with van der Waals surface area (Å²) in [7, 11) is 0. The minimum absolute atomic E-state index is 0.0307. The van der Waals surface area contributed by atoms with Gasteiger partial charge in [-0.25, -0.2) is 4.98 Å². The lowest BCUT2D eigenvalue weighted by Gasteiger charge is -2.40. The van der Waals surface area contributed by atoms with E-state index in [1.165, 1.54) is 0 Å². The van der Waals surface area contributed by atoms with Crippen molar-refractivity contribution in [3.8, 4) is 5.75 Å². The van der Waals surface area contributed by atoms with Gasteiger partial charge in [-0.15, -0.1) is 0 Å². The molecular formula is C22H25Cl2N3O4. The molecule has 0 bridgehead atoms. The van der Waals surface area contributed by atoms with E-state index in [0.29, 0.717) is 11.3 Å². The summed E-state index contributed by atoms with van der Waals surface area (Å²) in [4.78, 5) is 30.3. The SMILES string of the molecule is C[C@](CNC(=O)c1ccc(OCc2cc(Cl)nc(Cl)c2)cc1)(C(=O)O)N1CCCCC1. The average Bonchev–Trinajstić information content (AvgIpc) is 2.76. The minimum atomic E-state index is -1.13. The zero-order valence-corrected chi connectivity index (χ0v) is 18.7. The first-order valence-electron chi connectivity index (χ1n) is 10.1. The molecule has 0 unspecified atom stereocenters. The summed E-state index contributed by atoms with van der Waals surface area (Å²) in [6.07, 6.45) is 3.04. The number of benzene rings is 1. The van der Waals surface area contributed by atoms with Crippen LogP contribution >= 0.6 is 23.2 Å². The van der Waals surface area contributed by atoms with Crippen molar-refractivity contribution < 1.29 is 19.4 Å². The van der Waals surface area contributed by atoms with Crippen LogP contribution in [0.2, 0.25) is 10.3 Å². The van der Waals surface area contributed by atoms with E-state index >= 15 is 0 Å². The third-order valence-corrected chi connectivity index (χ3v) is 5.84. The number of likely N-dealkylation sites (tertiary alicyclic amines) is 1. The number of piperidine rings is 1. The predicted octanol–water partition coefficient (Wildman–Crippen LogP) is 4.03. The Kier molecular flexibility index (Phi) is 7.75. The molecule has 3 rings (SSSR count). The van der Waals surface area contributed by atoms with Gasteiger partial charge in [-0.2, -0.15) is 0 Å². The van der Waals surface area contributed by atoms with Crippen LogP contribution in [0.25, 0.3) is 0 Å². The summed E-state index contributed by atoms with van der Waals surface area (Å²) in [5, 5.41) is 13.1.